The van der Waals surface area contributed by atoms with Crippen LogP contribution < -0.4 is 15.4 Å². The molecule has 3 aromatic carbocycles. The maximum absolute atomic E-state index is 12.2. The van der Waals surface area contributed by atoms with Gasteiger partial charge in [0.1, 0.15) is 5.75 Å². The Balaban J connectivity index is 1.62. The van der Waals surface area contributed by atoms with E-state index >= 15 is 0 Å². The van der Waals surface area contributed by atoms with Crippen molar-refractivity contribution in [3.63, 3.8) is 0 Å². The fourth-order valence-electron chi connectivity index (χ4n) is 2.22. The molecule has 0 radical (unpaired) electrons. The van der Waals surface area contributed by atoms with Crippen LogP contribution in [0.4, 0.5) is 11.4 Å². The first-order valence-electron chi connectivity index (χ1n) is 7.82. The van der Waals surface area contributed by atoms with E-state index in [2.05, 4.69) is 26.6 Å². The van der Waals surface area contributed by atoms with Gasteiger partial charge in [0.05, 0.1) is 12.2 Å². The van der Waals surface area contributed by atoms with Crippen LogP contribution in [0.1, 0.15) is 0 Å². The van der Waals surface area contributed by atoms with Gasteiger partial charge in [0.25, 0.3) is 0 Å². The lowest BCUT2D eigenvalue weighted by Crippen LogP contribution is -2.21. The first-order valence-corrected chi connectivity index (χ1v) is 8.61. The van der Waals surface area contributed by atoms with Crippen molar-refractivity contribution in [2.45, 2.75) is 0 Å². The van der Waals surface area contributed by atoms with E-state index in [1.165, 1.54) is 0 Å². The molecule has 0 aliphatic carbocycles. The van der Waals surface area contributed by atoms with Gasteiger partial charge in [-0.3, -0.25) is 4.79 Å². The van der Waals surface area contributed by atoms with Gasteiger partial charge in [-0.15, -0.1) is 0 Å². The van der Waals surface area contributed by atoms with Crippen molar-refractivity contribution in [1.29, 1.82) is 0 Å². The van der Waals surface area contributed by atoms with E-state index in [0.29, 0.717) is 11.4 Å². The normalized spacial score (nSPS) is 10.1. The zero-order valence-electron chi connectivity index (χ0n) is 13.4. The fourth-order valence-corrected chi connectivity index (χ4v) is 2.48. The highest BCUT2D eigenvalue weighted by molar-refractivity contribution is 9.10. The lowest BCUT2D eigenvalue weighted by atomic mass is 10.2. The summed E-state index contributed by atoms with van der Waals surface area (Å²) >= 11 is 3.38. The minimum Gasteiger partial charge on any atom is -0.455 e. The monoisotopic (exact) mass is 396 g/mol. The van der Waals surface area contributed by atoms with Crippen molar-refractivity contribution in [2.24, 2.45) is 0 Å². The number of carbonyl (C=O) groups excluding carboxylic acids is 1. The van der Waals surface area contributed by atoms with Crippen LogP contribution in [0.15, 0.2) is 83.3 Å². The smallest absolute Gasteiger partial charge is 0.243 e. The number of anilines is 2. The first-order chi connectivity index (χ1) is 12.2. The van der Waals surface area contributed by atoms with E-state index in [1.54, 1.807) is 0 Å². The van der Waals surface area contributed by atoms with Crippen LogP contribution in [-0.2, 0) is 4.79 Å². The summed E-state index contributed by atoms with van der Waals surface area (Å²) in [6, 6.07) is 24.5. The molecule has 0 spiro atoms. The second-order valence-corrected chi connectivity index (χ2v) is 6.24. The Labute approximate surface area is 155 Å². The number of ether oxygens (including phenoxy) is 1. The summed E-state index contributed by atoms with van der Waals surface area (Å²) in [5.74, 6) is 1.18. The summed E-state index contributed by atoms with van der Waals surface area (Å²) in [6.07, 6.45) is 0. The van der Waals surface area contributed by atoms with Crippen LogP contribution in [0.5, 0.6) is 11.5 Å². The molecule has 4 nitrogen and oxygen atoms in total. The molecule has 1 amide bonds. The van der Waals surface area contributed by atoms with Gasteiger partial charge in [-0.05, 0) is 48.5 Å². The predicted molar refractivity (Wildman–Crippen MR) is 104 cm³/mol. The zero-order valence-corrected chi connectivity index (χ0v) is 15.0. The number of amides is 1. The van der Waals surface area contributed by atoms with Crippen molar-refractivity contribution in [1.82, 2.24) is 0 Å². The maximum Gasteiger partial charge on any atom is 0.243 e. The molecule has 0 aliphatic heterocycles. The van der Waals surface area contributed by atoms with Gasteiger partial charge in [0, 0.05) is 10.2 Å². The topological polar surface area (TPSA) is 50.4 Å². The van der Waals surface area contributed by atoms with Crippen molar-refractivity contribution in [2.75, 3.05) is 17.2 Å². The second kappa shape index (κ2) is 8.35. The van der Waals surface area contributed by atoms with E-state index in [4.69, 9.17) is 4.74 Å². The zero-order chi connectivity index (χ0) is 17.5. The molecule has 0 heterocycles. The Morgan fingerprint density at radius 3 is 2.32 bits per heavy atom. The molecule has 25 heavy (non-hydrogen) atoms. The molecule has 3 rings (SSSR count). The Morgan fingerprint density at radius 1 is 0.880 bits per heavy atom. The van der Waals surface area contributed by atoms with Crippen molar-refractivity contribution in [3.05, 3.63) is 83.3 Å². The average Bonchev–Trinajstić information content (AvgIpc) is 2.64. The maximum atomic E-state index is 12.2. The molecular weight excluding hydrogens is 380 g/mol. The minimum atomic E-state index is -0.146. The van der Waals surface area contributed by atoms with E-state index in [0.717, 1.165) is 15.9 Å². The summed E-state index contributed by atoms with van der Waals surface area (Å²) in [5.41, 5.74) is 1.51. The van der Waals surface area contributed by atoms with Crippen LogP contribution in [0.2, 0.25) is 0 Å². The third-order valence-corrected chi connectivity index (χ3v) is 3.96. The van der Waals surface area contributed by atoms with Crippen LogP contribution in [0, 0.1) is 0 Å². The third-order valence-electron chi connectivity index (χ3n) is 3.43. The van der Waals surface area contributed by atoms with Crippen LogP contribution in [-0.4, -0.2) is 12.5 Å². The van der Waals surface area contributed by atoms with Gasteiger partial charge in [-0.25, -0.2) is 0 Å². The molecule has 3 aromatic rings. The highest BCUT2D eigenvalue weighted by atomic mass is 79.9. The largest absolute Gasteiger partial charge is 0.455 e. The molecule has 5 heteroatoms. The highest BCUT2D eigenvalue weighted by Gasteiger charge is 2.08. The van der Waals surface area contributed by atoms with Crippen LogP contribution in [0.25, 0.3) is 0 Å². The molecule has 0 saturated carbocycles. The molecule has 0 bridgehead atoms. The van der Waals surface area contributed by atoms with E-state index in [9.17, 15) is 4.79 Å². The minimum absolute atomic E-state index is 0.146. The van der Waals surface area contributed by atoms with Crippen molar-refractivity contribution >= 4 is 33.2 Å². The molecule has 0 saturated heterocycles. The molecule has 2 N–H and O–H groups in total. The lowest BCUT2D eigenvalue weighted by Gasteiger charge is -2.13. The second-order valence-electron chi connectivity index (χ2n) is 5.32. The number of hydrogen-bond donors (Lipinski definition) is 2. The van der Waals surface area contributed by atoms with Crippen LogP contribution in [0.3, 0.4) is 0 Å². The SMILES string of the molecule is O=C(CNc1ccc(Br)cc1)Nc1ccccc1Oc1ccccc1. The number of nitrogens with one attached hydrogen (secondary N) is 2. The Kier molecular flexibility index (Phi) is 5.69. The van der Waals surface area contributed by atoms with Gasteiger partial charge < -0.3 is 15.4 Å². The summed E-state index contributed by atoms with van der Waals surface area (Å²) < 4.78 is 6.84. The van der Waals surface area contributed by atoms with E-state index < -0.39 is 0 Å². The molecule has 0 aromatic heterocycles. The predicted octanol–water partition coefficient (Wildman–Crippen LogP) is 5.29. The summed E-state index contributed by atoms with van der Waals surface area (Å²) in [7, 11) is 0. The number of para-hydroxylation sites is 3. The third kappa shape index (κ3) is 5.09. The standard InChI is InChI=1S/C20H17BrN2O2/c21-15-10-12-16(13-11-15)22-14-20(24)23-18-8-4-5-9-19(18)25-17-6-2-1-3-7-17/h1-13,22H,14H2,(H,23,24). The Morgan fingerprint density at radius 2 is 1.56 bits per heavy atom. The van der Waals surface area contributed by atoms with E-state index in [-0.39, 0.29) is 12.5 Å². The van der Waals surface area contributed by atoms with Gasteiger partial charge in [-0.1, -0.05) is 46.3 Å². The van der Waals surface area contributed by atoms with Crippen molar-refractivity contribution in [3.8, 4) is 11.5 Å². The Bertz CT molecular complexity index is 836. The number of carbonyl (C=O) groups is 1. The van der Waals surface area contributed by atoms with Gasteiger partial charge >= 0.3 is 0 Å². The van der Waals surface area contributed by atoms with Crippen molar-refractivity contribution < 1.29 is 9.53 Å². The van der Waals surface area contributed by atoms with E-state index in [1.807, 2.05) is 78.9 Å². The highest BCUT2D eigenvalue weighted by Crippen LogP contribution is 2.29. The van der Waals surface area contributed by atoms with Gasteiger partial charge in [-0.2, -0.15) is 0 Å². The number of hydrogen-bond acceptors (Lipinski definition) is 3. The summed E-state index contributed by atoms with van der Waals surface area (Å²) in [5, 5.41) is 5.96. The molecule has 0 aliphatic rings. The fraction of sp³-hybridized carbons (Fsp3) is 0.0500. The molecule has 0 fully saturated rings. The first kappa shape index (κ1) is 17.0. The van der Waals surface area contributed by atoms with Gasteiger partial charge in [0.15, 0.2) is 5.75 Å². The number of halogens is 1. The number of rotatable bonds is 6. The summed E-state index contributed by atoms with van der Waals surface area (Å²) in [6.45, 7) is 0.168. The average molecular weight is 397 g/mol. The van der Waals surface area contributed by atoms with Crippen LogP contribution >= 0.6 is 15.9 Å². The number of benzene rings is 3. The van der Waals surface area contributed by atoms with Gasteiger partial charge in [0.2, 0.25) is 5.91 Å². The summed E-state index contributed by atoms with van der Waals surface area (Å²) in [4.78, 5) is 12.2. The molecule has 126 valence electrons. The molecule has 0 unspecified atom stereocenters. The lowest BCUT2D eigenvalue weighted by molar-refractivity contribution is -0.114. The molecule has 0 atom stereocenters. The Hall–Kier alpha value is -2.79. The molecular formula is C20H17BrN2O2. The quantitative estimate of drug-likeness (QED) is 0.594.